The van der Waals surface area contributed by atoms with Crippen LogP contribution < -0.4 is 5.32 Å². The Bertz CT molecular complexity index is 462. The van der Waals surface area contributed by atoms with Gasteiger partial charge in [-0.05, 0) is 19.0 Å². The number of aromatic nitrogens is 1. The number of hydrogen-bond acceptors (Lipinski definition) is 3. The monoisotopic (exact) mass is 246 g/mol. The average molecular weight is 246 g/mol. The normalized spacial score (nSPS) is 10.7. The lowest BCUT2D eigenvalue weighted by Gasteiger charge is -1.96. The Morgan fingerprint density at radius 1 is 1.24 bits per heavy atom. The SMILES string of the molecule is CCc1nc(Cc2ccccc2)sc1CNC. The van der Waals surface area contributed by atoms with Crippen LogP contribution >= 0.6 is 11.3 Å². The van der Waals surface area contributed by atoms with E-state index in [1.807, 2.05) is 18.4 Å². The zero-order chi connectivity index (χ0) is 12.1. The second kappa shape index (κ2) is 5.94. The molecule has 1 heterocycles. The zero-order valence-corrected chi connectivity index (χ0v) is 11.2. The van der Waals surface area contributed by atoms with E-state index in [-0.39, 0.29) is 0 Å². The summed E-state index contributed by atoms with van der Waals surface area (Å²) in [5.74, 6) is 0. The predicted molar refractivity (Wildman–Crippen MR) is 73.5 cm³/mol. The van der Waals surface area contributed by atoms with E-state index in [0.29, 0.717) is 0 Å². The highest BCUT2D eigenvalue weighted by Gasteiger charge is 2.09. The predicted octanol–water partition coefficient (Wildman–Crippen LogP) is 3.02. The number of thiazole rings is 1. The fourth-order valence-electron chi connectivity index (χ4n) is 1.86. The van der Waals surface area contributed by atoms with Crippen LogP contribution in [0.2, 0.25) is 0 Å². The molecule has 0 amide bonds. The van der Waals surface area contributed by atoms with Crippen molar-refractivity contribution in [1.82, 2.24) is 10.3 Å². The molecule has 1 aromatic heterocycles. The Morgan fingerprint density at radius 2 is 2.00 bits per heavy atom. The summed E-state index contributed by atoms with van der Waals surface area (Å²) < 4.78 is 0. The highest BCUT2D eigenvalue weighted by atomic mass is 32.1. The number of hydrogen-bond donors (Lipinski definition) is 1. The zero-order valence-electron chi connectivity index (χ0n) is 10.4. The van der Waals surface area contributed by atoms with Crippen LogP contribution in [-0.2, 0) is 19.4 Å². The van der Waals surface area contributed by atoms with Gasteiger partial charge in [0.1, 0.15) is 0 Å². The molecule has 0 aliphatic rings. The first-order valence-corrected chi connectivity index (χ1v) is 6.81. The van der Waals surface area contributed by atoms with Crippen LogP contribution in [0.25, 0.3) is 0 Å². The molecule has 0 saturated heterocycles. The molecule has 0 bridgehead atoms. The number of benzene rings is 1. The molecule has 0 unspecified atom stereocenters. The molecule has 0 atom stereocenters. The molecule has 0 aliphatic heterocycles. The van der Waals surface area contributed by atoms with Crippen LogP contribution in [0.1, 0.15) is 28.1 Å². The Morgan fingerprint density at radius 3 is 2.65 bits per heavy atom. The van der Waals surface area contributed by atoms with Gasteiger partial charge in [0, 0.05) is 17.8 Å². The van der Waals surface area contributed by atoms with E-state index in [9.17, 15) is 0 Å². The molecule has 0 radical (unpaired) electrons. The van der Waals surface area contributed by atoms with Crippen molar-refractivity contribution in [3.05, 3.63) is 51.5 Å². The van der Waals surface area contributed by atoms with Crippen molar-refractivity contribution in [2.24, 2.45) is 0 Å². The van der Waals surface area contributed by atoms with E-state index in [2.05, 4.69) is 42.6 Å². The van der Waals surface area contributed by atoms with Crippen LogP contribution in [-0.4, -0.2) is 12.0 Å². The van der Waals surface area contributed by atoms with Crippen molar-refractivity contribution in [1.29, 1.82) is 0 Å². The lowest BCUT2D eigenvalue weighted by molar-refractivity contribution is 0.813. The molecular formula is C14H18N2S. The lowest BCUT2D eigenvalue weighted by Crippen LogP contribution is -2.05. The van der Waals surface area contributed by atoms with Gasteiger partial charge < -0.3 is 5.32 Å². The summed E-state index contributed by atoms with van der Waals surface area (Å²) in [6, 6.07) is 10.5. The standard InChI is InChI=1S/C14H18N2S/c1-3-12-13(10-15-2)17-14(16-12)9-11-7-5-4-6-8-11/h4-8,15H,3,9-10H2,1-2H3. The topological polar surface area (TPSA) is 24.9 Å². The highest BCUT2D eigenvalue weighted by Crippen LogP contribution is 2.21. The molecule has 0 aliphatic carbocycles. The third-order valence-electron chi connectivity index (χ3n) is 2.69. The lowest BCUT2D eigenvalue weighted by atomic mass is 10.2. The molecule has 2 nitrogen and oxygen atoms in total. The van der Waals surface area contributed by atoms with Gasteiger partial charge in [-0.3, -0.25) is 0 Å². The van der Waals surface area contributed by atoms with Crippen LogP contribution in [0.3, 0.4) is 0 Å². The van der Waals surface area contributed by atoms with Gasteiger partial charge in [-0.1, -0.05) is 37.3 Å². The number of nitrogens with zero attached hydrogens (tertiary/aromatic N) is 1. The van der Waals surface area contributed by atoms with Crippen molar-refractivity contribution in [2.45, 2.75) is 26.3 Å². The van der Waals surface area contributed by atoms with Crippen molar-refractivity contribution in [3.63, 3.8) is 0 Å². The summed E-state index contributed by atoms with van der Waals surface area (Å²) in [4.78, 5) is 6.10. The average Bonchev–Trinajstić information content (AvgIpc) is 2.73. The third-order valence-corrected chi connectivity index (χ3v) is 3.79. The smallest absolute Gasteiger partial charge is 0.0975 e. The van der Waals surface area contributed by atoms with E-state index in [4.69, 9.17) is 4.98 Å². The molecule has 0 saturated carbocycles. The fourth-order valence-corrected chi connectivity index (χ4v) is 3.06. The molecule has 2 rings (SSSR count). The van der Waals surface area contributed by atoms with Gasteiger partial charge in [-0.15, -0.1) is 11.3 Å². The molecular weight excluding hydrogens is 228 g/mol. The first-order valence-electron chi connectivity index (χ1n) is 5.99. The minimum absolute atomic E-state index is 0.926. The molecule has 0 fully saturated rings. The van der Waals surface area contributed by atoms with Crippen molar-refractivity contribution >= 4 is 11.3 Å². The Hall–Kier alpha value is -1.19. The summed E-state index contributed by atoms with van der Waals surface area (Å²) in [6.45, 7) is 3.09. The number of rotatable bonds is 5. The molecule has 1 N–H and O–H groups in total. The molecule has 1 aromatic carbocycles. The number of aryl methyl sites for hydroxylation is 1. The summed E-state index contributed by atoms with van der Waals surface area (Å²) in [5.41, 5.74) is 2.58. The van der Waals surface area contributed by atoms with Crippen molar-refractivity contribution in [2.75, 3.05) is 7.05 Å². The molecule has 2 aromatic rings. The minimum atomic E-state index is 0.926. The van der Waals surface area contributed by atoms with Crippen LogP contribution in [0.4, 0.5) is 0 Å². The maximum absolute atomic E-state index is 4.72. The van der Waals surface area contributed by atoms with Gasteiger partial charge in [0.25, 0.3) is 0 Å². The maximum Gasteiger partial charge on any atom is 0.0975 e. The summed E-state index contributed by atoms with van der Waals surface area (Å²) in [7, 11) is 1.98. The number of nitrogens with one attached hydrogen (secondary N) is 1. The first kappa shape index (κ1) is 12.3. The van der Waals surface area contributed by atoms with Crippen LogP contribution in [0, 0.1) is 0 Å². The maximum atomic E-state index is 4.72. The molecule has 0 spiro atoms. The summed E-state index contributed by atoms with van der Waals surface area (Å²) >= 11 is 1.83. The Labute approximate surface area is 107 Å². The molecule has 17 heavy (non-hydrogen) atoms. The fraction of sp³-hybridized carbons (Fsp3) is 0.357. The van der Waals surface area contributed by atoms with Gasteiger partial charge in [0.05, 0.1) is 10.7 Å². The third kappa shape index (κ3) is 3.14. The second-order valence-electron chi connectivity index (χ2n) is 4.02. The van der Waals surface area contributed by atoms with E-state index in [1.54, 1.807) is 0 Å². The summed E-state index contributed by atoms with van der Waals surface area (Å²) in [6.07, 6.45) is 1.96. The van der Waals surface area contributed by atoms with Gasteiger partial charge in [-0.2, -0.15) is 0 Å². The molecule has 3 heteroatoms. The van der Waals surface area contributed by atoms with Crippen LogP contribution in [0.5, 0.6) is 0 Å². The van der Waals surface area contributed by atoms with E-state index >= 15 is 0 Å². The van der Waals surface area contributed by atoms with Gasteiger partial charge in [0.2, 0.25) is 0 Å². The quantitative estimate of drug-likeness (QED) is 0.877. The first-order chi connectivity index (χ1) is 8.33. The Balaban J connectivity index is 2.16. The van der Waals surface area contributed by atoms with Gasteiger partial charge >= 0.3 is 0 Å². The molecule has 90 valence electrons. The second-order valence-corrected chi connectivity index (χ2v) is 5.19. The summed E-state index contributed by atoms with van der Waals surface area (Å²) in [5, 5.41) is 4.43. The van der Waals surface area contributed by atoms with E-state index in [0.717, 1.165) is 19.4 Å². The van der Waals surface area contributed by atoms with Gasteiger partial charge in [-0.25, -0.2) is 4.98 Å². The van der Waals surface area contributed by atoms with E-state index in [1.165, 1.54) is 21.1 Å². The highest BCUT2D eigenvalue weighted by molar-refractivity contribution is 7.11. The van der Waals surface area contributed by atoms with Crippen molar-refractivity contribution in [3.8, 4) is 0 Å². The Kier molecular flexibility index (Phi) is 4.29. The minimum Gasteiger partial charge on any atom is -0.315 e. The van der Waals surface area contributed by atoms with Crippen LogP contribution in [0.15, 0.2) is 30.3 Å². The van der Waals surface area contributed by atoms with Gasteiger partial charge in [0.15, 0.2) is 0 Å². The van der Waals surface area contributed by atoms with E-state index < -0.39 is 0 Å². The largest absolute Gasteiger partial charge is 0.315 e. The van der Waals surface area contributed by atoms with Crippen molar-refractivity contribution < 1.29 is 0 Å².